The highest BCUT2D eigenvalue weighted by Crippen LogP contribution is 2.28. The van der Waals surface area contributed by atoms with E-state index in [0.29, 0.717) is 17.9 Å². The molecule has 1 aliphatic rings. The molecule has 1 atom stereocenters. The lowest BCUT2D eigenvalue weighted by atomic mass is 9.97. The molecule has 0 saturated carbocycles. The average Bonchev–Trinajstić information content (AvgIpc) is 3.47. The van der Waals surface area contributed by atoms with Gasteiger partial charge in [0.15, 0.2) is 11.5 Å². The lowest BCUT2D eigenvalue weighted by Crippen LogP contribution is -2.39. The number of piperidine rings is 1. The van der Waals surface area contributed by atoms with Gasteiger partial charge in [-0.2, -0.15) is 5.10 Å². The Kier molecular flexibility index (Phi) is 4.24. The van der Waals surface area contributed by atoms with Crippen molar-refractivity contribution in [1.29, 1.82) is 0 Å². The number of hydrogen-bond donors (Lipinski definition) is 0. The van der Waals surface area contributed by atoms with Gasteiger partial charge in [0.1, 0.15) is 5.76 Å². The van der Waals surface area contributed by atoms with Crippen LogP contribution in [0.4, 0.5) is 0 Å². The molecule has 0 radical (unpaired) electrons. The van der Waals surface area contributed by atoms with E-state index in [4.69, 9.17) is 14.5 Å². The third-order valence-corrected chi connectivity index (χ3v) is 6.23. The number of pyridine rings is 1. The molecule has 5 heterocycles. The van der Waals surface area contributed by atoms with Crippen molar-refractivity contribution < 1.29 is 9.21 Å². The second-order valence-corrected chi connectivity index (χ2v) is 8.10. The van der Waals surface area contributed by atoms with Crippen LogP contribution in [-0.2, 0) is 0 Å². The number of thiophene rings is 1. The van der Waals surface area contributed by atoms with Gasteiger partial charge >= 0.3 is 0 Å². The lowest BCUT2D eigenvalue weighted by molar-refractivity contribution is 0.0703. The van der Waals surface area contributed by atoms with Gasteiger partial charge in [-0.1, -0.05) is 6.07 Å². The summed E-state index contributed by atoms with van der Waals surface area (Å²) in [5, 5.41) is 6.81. The van der Waals surface area contributed by atoms with Crippen molar-refractivity contribution in [2.24, 2.45) is 0 Å². The Morgan fingerprint density at radius 2 is 2.21 bits per heavy atom. The summed E-state index contributed by atoms with van der Waals surface area (Å²) in [6.07, 6.45) is 5.53. The molecule has 142 valence electrons. The van der Waals surface area contributed by atoms with E-state index in [0.717, 1.165) is 36.4 Å². The predicted octanol–water partition coefficient (Wildman–Crippen LogP) is 4.38. The van der Waals surface area contributed by atoms with E-state index in [1.54, 1.807) is 23.7 Å². The number of nitrogens with zero attached hydrogens (tertiary/aromatic N) is 4. The van der Waals surface area contributed by atoms with Crippen LogP contribution in [0.15, 0.2) is 52.6 Å². The topological polar surface area (TPSA) is 63.6 Å². The number of furan rings is 1. The Balaban J connectivity index is 1.40. The van der Waals surface area contributed by atoms with Crippen LogP contribution >= 0.6 is 11.3 Å². The van der Waals surface area contributed by atoms with Crippen LogP contribution in [0.1, 0.15) is 40.7 Å². The molecule has 5 rings (SSSR count). The molecule has 4 aromatic heterocycles. The molecule has 4 aromatic rings. The van der Waals surface area contributed by atoms with Crippen LogP contribution in [0.5, 0.6) is 0 Å². The average molecular weight is 392 g/mol. The monoisotopic (exact) mass is 392 g/mol. The minimum atomic E-state index is 0.0275. The molecule has 1 amide bonds. The molecule has 0 N–H and O–H groups in total. The summed E-state index contributed by atoms with van der Waals surface area (Å²) >= 11 is 1.71. The van der Waals surface area contributed by atoms with Crippen molar-refractivity contribution in [1.82, 2.24) is 19.5 Å². The fraction of sp³-hybridized carbons (Fsp3) is 0.286. The van der Waals surface area contributed by atoms with E-state index in [-0.39, 0.29) is 11.8 Å². The fourth-order valence-corrected chi connectivity index (χ4v) is 4.53. The number of rotatable bonds is 3. The van der Waals surface area contributed by atoms with E-state index in [1.807, 2.05) is 34.7 Å². The molecule has 28 heavy (non-hydrogen) atoms. The number of aryl methyl sites for hydroxylation is 1. The maximum atomic E-state index is 12.8. The van der Waals surface area contributed by atoms with Gasteiger partial charge in [-0.25, -0.2) is 9.50 Å². The standard InChI is InChI=1S/C21H20N4O2S/c1-14-17(8-10-27-14)21(26)24-9-2-4-16(12-24)20-22-19-7-6-15(13-25(19)23-20)18-5-3-11-28-18/h3,5-8,10-11,13,16H,2,4,9,12H2,1H3. The van der Waals surface area contributed by atoms with Crippen LogP contribution in [0.3, 0.4) is 0 Å². The van der Waals surface area contributed by atoms with Crippen molar-refractivity contribution in [3.8, 4) is 10.4 Å². The first-order valence-corrected chi connectivity index (χ1v) is 10.3. The zero-order valence-electron chi connectivity index (χ0n) is 15.5. The molecular weight excluding hydrogens is 372 g/mol. The SMILES string of the molecule is Cc1occc1C(=O)N1CCCC(c2nc3ccc(-c4cccs4)cn3n2)C1. The summed E-state index contributed by atoms with van der Waals surface area (Å²) in [4.78, 5) is 20.7. The zero-order chi connectivity index (χ0) is 19.1. The van der Waals surface area contributed by atoms with E-state index in [9.17, 15) is 4.79 Å². The lowest BCUT2D eigenvalue weighted by Gasteiger charge is -2.31. The largest absolute Gasteiger partial charge is 0.469 e. The van der Waals surface area contributed by atoms with Crippen LogP contribution in [-0.4, -0.2) is 38.5 Å². The van der Waals surface area contributed by atoms with Crippen molar-refractivity contribution in [3.05, 3.63) is 65.3 Å². The fourth-order valence-electron chi connectivity index (χ4n) is 3.81. The van der Waals surface area contributed by atoms with E-state index in [2.05, 4.69) is 17.5 Å². The molecule has 0 spiro atoms. The Morgan fingerprint density at radius 1 is 1.29 bits per heavy atom. The van der Waals surface area contributed by atoms with E-state index < -0.39 is 0 Å². The summed E-state index contributed by atoms with van der Waals surface area (Å²) in [5.74, 6) is 1.65. The van der Waals surface area contributed by atoms with Crippen molar-refractivity contribution >= 4 is 22.9 Å². The van der Waals surface area contributed by atoms with Gasteiger partial charge in [0.25, 0.3) is 5.91 Å². The first-order valence-electron chi connectivity index (χ1n) is 9.42. The molecule has 0 aliphatic carbocycles. The minimum absolute atomic E-state index is 0.0275. The van der Waals surface area contributed by atoms with Crippen molar-refractivity contribution in [2.45, 2.75) is 25.7 Å². The van der Waals surface area contributed by atoms with Crippen LogP contribution in [0.2, 0.25) is 0 Å². The maximum Gasteiger partial charge on any atom is 0.257 e. The van der Waals surface area contributed by atoms with Gasteiger partial charge in [0.2, 0.25) is 0 Å². The Bertz CT molecular complexity index is 1130. The third kappa shape index (κ3) is 3.01. The van der Waals surface area contributed by atoms with Gasteiger partial charge in [-0.15, -0.1) is 11.3 Å². The Hall–Kier alpha value is -2.93. The second kappa shape index (κ2) is 6.91. The summed E-state index contributed by atoms with van der Waals surface area (Å²) < 4.78 is 7.15. The number of fused-ring (bicyclic) bond motifs is 1. The highest BCUT2D eigenvalue weighted by Gasteiger charge is 2.29. The van der Waals surface area contributed by atoms with E-state index >= 15 is 0 Å². The molecule has 6 nitrogen and oxygen atoms in total. The van der Waals surface area contributed by atoms with Crippen molar-refractivity contribution in [2.75, 3.05) is 13.1 Å². The highest BCUT2D eigenvalue weighted by atomic mass is 32.1. The summed E-state index contributed by atoms with van der Waals surface area (Å²) in [7, 11) is 0. The molecule has 1 fully saturated rings. The first kappa shape index (κ1) is 17.2. The zero-order valence-corrected chi connectivity index (χ0v) is 16.4. The number of carbonyl (C=O) groups is 1. The Labute approximate surface area is 166 Å². The molecule has 1 saturated heterocycles. The van der Waals surface area contributed by atoms with Gasteiger partial charge in [-0.3, -0.25) is 4.79 Å². The Morgan fingerprint density at radius 3 is 3.00 bits per heavy atom. The van der Waals surface area contributed by atoms with E-state index in [1.165, 1.54) is 4.88 Å². The van der Waals surface area contributed by atoms with Crippen LogP contribution < -0.4 is 0 Å². The van der Waals surface area contributed by atoms with Crippen molar-refractivity contribution in [3.63, 3.8) is 0 Å². The molecular formula is C21H20N4O2S. The number of hydrogen-bond acceptors (Lipinski definition) is 5. The van der Waals surface area contributed by atoms with Gasteiger partial charge in [0.05, 0.1) is 11.8 Å². The van der Waals surface area contributed by atoms with Crippen LogP contribution in [0.25, 0.3) is 16.1 Å². The quantitative estimate of drug-likeness (QED) is 0.519. The summed E-state index contributed by atoms with van der Waals surface area (Å²) in [5.41, 5.74) is 2.61. The highest BCUT2D eigenvalue weighted by molar-refractivity contribution is 7.13. The normalized spacial score (nSPS) is 17.3. The number of carbonyl (C=O) groups excluding carboxylic acids is 1. The minimum Gasteiger partial charge on any atom is -0.469 e. The molecule has 0 aromatic carbocycles. The second-order valence-electron chi connectivity index (χ2n) is 7.15. The smallest absolute Gasteiger partial charge is 0.257 e. The van der Waals surface area contributed by atoms with Crippen LogP contribution in [0, 0.1) is 6.92 Å². The summed E-state index contributed by atoms with van der Waals surface area (Å²) in [6, 6.07) is 9.99. The molecule has 0 bridgehead atoms. The maximum absolute atomic E-state index is 12.8. The molecule has 1 unspecified atom stereocenters. The van der Waals surface area contributed by atoms with Gasteiger partial charge in [-0.05, 0) is 49.4 Å². The predicted molar refractivity (Wildman–Crippen MR) is 108 cm³/mol. The number of amides is 1. The van der Waals surface area contributed by atoms with Gasteiger partial charge in [0, 0.05) is 35.6 Å². The van der Waals surface area contributed by atoms with Gasteiger partial charge < -0.3 is 9.32 Å². The molecule has 1 aliphatic heterocycles. The first-order chi connectivity index (χ1) is 13.7. The molecule has 7 heteroatoms. The third-order valence-electron chi connectivity index (χ3n) is 5.32. The summed E-state index contributed by atoms with van der Waals surface area (Å²) in [6.45, 7) is 3.22. The number of likely N-dealkylation sites (tertiary alicyclic amines) is 1. The number of aromatic nitrogens is 3.